The minimum Gasteiger partial charge on any atom is -0.384 e. The third-order valence-corrected chi connectivity index (χ3v) is 5.91. The van der Waals surface area contributed by atoms with Crippen molar-refractivity contribution in [1.82, 2.24) is 4.98 Å². The van der Waals surface area contributed by atoms with Crippen molar-refractivity contribution in [3.05, 3.63) is 66.4 Å². The molecule has 2 aromatic carbocycles. The van der Waals surface area contributed by atoms with Crippen LogP contribution in [-0.2, 0) is 11.0 Å². The van der Waals surface area contributed by atoms with Crippen LogP contribution in [0.1, 0.15) is 31.2 Å². The molecule has 1 fully saturated rings. The molecule has 1 aliphatic rings. The summed E-state index contributed by atoms with van der Waals surface area (Å²) in [6.07, 6.45) is 0.622. The van der Waals surface area contributed by atoms with Crippen molar-refractivity contribution in [3.63, 3.8) is 0 Å². The van der Waals surface area contributed by atoms with E-state index in [1.54, 1.807) is 12.3 Å². The molecule has 0 bridgehead atoms. The number of pyridine rings is 1. The summed E-state index contributed by atoms with van der Waals surface area (Å²) in [5.74, 6) is 0.416. The molecule has 1 aromatic heterocycles. The van der Waals surface area contributed by atoms with E-state index in [2.05, 4.69) is 15.6 Å². The van der Waals surface area contributed by atoms with Crippen LogP contribution >= 0.6 is 0 Å². The summed E-state index contributed by atoms with van der Waals surface area (Å²) in [4.78, 5) is 16.7. The minimum atomic E-state index is -4.39. The molecule has 3 aromatic rings. The minimum absolute atomic E-state index is 0.00689. The van der Waals surface area contributed by atoms with Gasteiger partial charge in [0.15, 0.2) is 0 Å². The maximum absolute atomic E-state index is 13.1. The number of alkyl halides is 3. The summed E-state index contributed by atoms with van der Waals surface area (Å²) in [7, 11) is 0. The standard InChI is InChI=1S/C24H24F3N3O/c25-24(26,27)18-10-11-21-20(14-18)22(12-13-28-21)29-15-16-6-8-17(9-7-16)23(31)30-19-4-2-1-3-5-19/h1-5,10-14,16-17H,6-9,15H2,(H,28,29)(H,30,31)/t16-,17-. The topological polar surface area (TPSA) is 54.0 Å². The van der Waals surface area contributed by atoms with Crippen LogP contribution < -0.4 is 10.6 Å². The maximum Gasteiger partial charge on any atom is 0.416 e. The molecule has 31 heavy (non-hydrogen) atoms. The maximum atomic E-state index is 13.1. The van der Waals surface area contributed by atoms with E-state index < -0.39 is 11.7 Å². The zero-order chi connectivity index (χ0) is 21.8. The number of amides is 1. The zero-order valence-electron chi connectivity index (χ0n) is 17.0. The highest BCUT2D eigenvalue weighted by molar-refractivity contribution is 5.93. The Morgan fingerprint density at radius 3 is 2.45 bits per heavy atom. The van der Waals surface area contributed by atoms with Gasteiger partial charge in [-0.25, -0.2) is 0 Å². The molecule has 0 aliphatic heterocycles. The fourth-order valence-corrected chi connectivity index (χ4v) is 4.13. The number of hydrogen-bond acceptors (Lipinski definition) is 3. The van der Waals surface area contributed by atoms with Crippen LogP contribution in [0.3, 0.4) is 0 Å². The van der Waals surface area contributed by atoms with Gasteiger partial charge in [-0.15, -0.1) is 0 Å². The number of halogens is 3. The number of para-hydroxylation sites is 1. The number of benzene rings is 2. The molecule has 162 valence electrons. The molecular weight excluding hydrogens is 403 g/mol. The van der Waals surface area contributed by atoms with E-state index in [9.17, 15) is 18.0 Å². The average Bonchev–Trinajstić information content (AvgIpc) is 2.77. The van der Waals surface area contributed by atoms with Gasteiger partial charge in [0.25, 0.3) is 0 Å². The average molecular weight is 427 g/mol. The Labute approximate surface area is 178 Å². The van der Waals surface area contributed by atoms with Crippen molar-refractivity contribution in [2.45, 2.75) is 31.9 Å². The third-order valence-electron chi connectivity index (χ3n) is 5.91. The SMILES string of the molecule is O=C(Nc1ccccc1)[C@H]1CC[C@H](CNc2ccnc3ccc(C(F)(F)F)cc23)CC1. The molecule has 0 spiro atoms. The number of nitrogens with one attached hydrogen (secondary N) is 2. The largest absolute Gasteiger partial charge is 0.416 e. The lowest BCUT2D eigenvalue weighted by Gasteiger charge is -2.28. The fraction of sp³-hybridized carbons (Fsp3) is 0.333. The second kappa shape index (κ2) is 8.96. The Morgan fingerprint density at radius 1 is 1.00 bits per heavy atom. The third kappa shape index (κ3) is 5.16. The van der Waals surface area contributed by atoms with Gasteiger partial charge in [-0.05, 0) is 68.0 Å². The van der Waals surface area contributed by atoms with Gasteiger partial charge >= 0.3 is 6.18 Å². The van der Waals surface area contributed by atoms with Gasteiger partial charge in [0.1, 0.15) is 0 Å². The van der Waals surface area contributed by atoms with E-state index in [1.165, 1.54) is 6.07 Å². The van der Waals surface area contributed by atoms with Crippen molar-refractivity contribution >= 4 is 28.2 Å². The van der Waals surface area contributed by atoms with Crippen molar-refractivity contribution in [3.8, 4) is 0 Å². The zero-order valence-corrected chi connectivity index (χ0v) is 17.0. The smallest absolute Gasteiger partial charge is 0.384 e. The van der Waals surface area contributed by atoms with Crippen LogP contribution in [0, 0.1) is 11.8 Å². The molecule has 7 heteroatoms. The molecule has 0 atom stereocenters. The highest BCUT2D eigenvalue weighted by Gasteiger charge is 2.31. The molecule has 4 rings (SSSR count). The summed E-state index contributed by atoms with van der Waals surface area (Å²) >= 11 is 0. The second-order valence-corrected chi connectivity index (χ2v) is 8.04. The number of carbonyl (C=O) groups is 1. The van der Waals surface area contributed by atoms with E-state index in [1.807, 2.05) is 30.3 Å². The van der Waals surface area contributed by atoms with Crippen LogP contribution in [0.25, 0.3) is 10.9 Å². The summed E-state index contributed by atoms with van der Waals surface area (Å²) < 4.78 is 39.3. The number of hydrogen-bond donors (Lipinski definition) is 2. The predicted octanol–water partition coefficient (Wildman–Crippen LogP) is 6.11. The van der Waals surface area contributed by atoms with Gasteiger partial charge in [0.2, 0.25) is 5.91 Å². The summed E-state index contributed by atoms with van der Waals surface area (Å²) in [6.45, 7) is 0.655. The number of rotatable bonds is 5. The Balaban J connectivity index is 1.34. The van der Waals surface area contributed by atoms with E-state index in [4.69, 9.17) is 0 Å². The number of carbonyl (C=O) groups excluding carboxylic acids is 1. The molecule has 0 unspecified atom stereocenters. The molecule has 0 saturated heterocycles. The fourth-order valence-electron chi connectivity index (χ4n) is 4.13. The molecule has 0 radical (unpaired) electrons. The molecule has 1 saturated carbocycles. The molecule has 1 amide bonds. The monoisotopic (exact) mass is 427 g/mol. The highest BCUT2D eigenvalue weighted by Crippen LogP contribution is 2.34. The van der Waals surface area contributed by atoms with Crippen molar-refractivity contribution in [2.75, 3.05) is 17.2 Å². The quantitative estimate of drug-likeness (QED) is 0.516. The number of anilines is 2. The highest BCUT2D eigenvalue weighted by atomic mass is 19.4. The van der Waals surface area contributed by atoms with Crippen LogP contribution in [0.2, 0.25) is 0 Å². The normalized spacial score (nSPS) is 19.2. The molecule has 2 N–H and O–H groups in total. The van der Waals surface area contributed by atoms with Gasteiger partial charge < -0.3 is 10.6 Å². The Hall–Kier alpha value is -3.09. The number of nitrogens with zero attached hydrogens (tertiary/aromatic N) is 1. The van der Waals surface area contributed by atoms with E-state index in [0.717, 1.165) is 43.5 Å². The summed E-state index contributed by atoms with van der Waals surface area (Å²) in [5, 5.41) is 6.75. The first-order chi connectivity index (χ1) is 14.9. The lowest BCUT2D eigenvalue weighted by Crippen LogP contribution is -2.29. The first-order valence-electron chi connectivity index (χ1n) is 10.5. The van der Waals surface area contributed by atoms with Crippen LogP contribution in [-0.4, -0.2) is 17.4 Å². The first-order valence-corrected chi connectivity index (χ1v) is 10.5. The lowest BCUT2D eigenvalue weighted by molar-refractivity contribution is -0.137. The van der Waals surface area contributed by atoms with E-state index >= 15 is 0 Å². The Morgan fingerprint density at radius 2 is 1.74 bits per heavy atom. The van der Waals surface area contributed by atoms with Crippen molar-refractivity contribution < 1.29 is 18.0 Å². The van der Waals surface area contributed by atoms with Gasteiger partial charge in [0.05, 0.1) is 11.1 Å². The van der Waals surface area contributed by atoms with Crippen LogP contribution in [0.15, 0.2) is 60.8 Å². The van der Waals surface area contributed by atoms with Gasteiger partial charge in [-0.1, -0.05) is 18.2 Å². The van der Waals surface area contributed by atoms with Gasteiger partial charge in [-0.3, -0.25) is 9.78 Å². The summed E-state index contributed by atoms with van der Waals surface area (Å²) in [6, 6.07) is 14.7. The van der Waals surface area contributed by atoms with E-state index in [-0.39, 0.29) is 11.8 Å². The molecule has 1 heterocycles. The first kappa shape index (κ1) is 21.2. The second-order valence-electron chi connectivity index (χ2n) is 8.04. The van der Waals surface area contributed by atoms with E-state index in [0.29, 0.717) is 29.1 Å². The predicted molar refractivity (Wildman–Crippen MR) is 116 cm³/mol. The van der Waals surface area contributed by atoms with Crippen LogP contribution in [0.4, 0.5) is 24.5 Å². The van der Waals surface area contributed by atoms with Gasteiger partial charge in [0, 0.05) is 35.4 Å². The van der Waals surface area contributed by atoms with Crippen molar-refractivity contribution in [2.24, 2.45) is 11.8 Å². The number of aromatic nitrogens is 1. The van der Waals surface area contributed by atoms with Gasteiger partial charge in [-0.2, -0.15) is 13.2 Å². The lowest BCUT2D eigenvalue weighted by atomic mass is 9.81. The molecular formula is C24H24F3N3O. The Kier molecular flexibility index (Phi) is 6.11. The Bertz CT molecular complexity index is 1040. The van der Waals surface area contributed by atoms with Crippen molar-refractivity contribution in [1.29, 1.82) is 0 Å². The molecule has 1 aliphatic carbocycles. The van der Waals surface area contributed by atoms with Crippen LogP contribution in [0.5, 0.6) is 0 Å². The summed E-state index contributed by atoms with van der Waals surface area (Å²) in [5.41, 5.74) is 1.31. The molecule has 4 nitrogen and oxygen atoms in total. The number of fused-ring (bicyclic) bond motifs is 1.